The van der Waals surface area contributed by atoms with Crippen LogP contribution in [0, 0.1) is 0 Å². The number of benzene rings is 7. The molecule has 0 bridgehead atoms. The zero-order chi connectivity index (χ0) is 34.1. The fourth-order valence-corrected chi connectivity index (χ4v) is 8.76. The first-order valence-electron chi connectivity index (χ1n) is 18.1. The van der Waals surface area contributed by atoms with Crippen molar-refractivity contribution in [1.29, 1.82) is 0 Å². The molecule has 0 N–H and O–H groups in total. The van der Waals surface area contributed by atoms with Gasteiger partial charge in [-0.2, -0.15) is 0 Å². The summed E-state index contributed by atoms with van der Waals surface area (Å²) in [6.45, 7) is 0. The molecule has 0 amide bonds. The lowest BCUT2D eigenvalue weighted by atomic mass is 9.84. The Kier molecular flexibility index (Phi) is 6.89. The molecule has 2 aliphatic carbocycles. The molecular weight excluding hydrogens is 623 g/mol. The van der Waals surface area contributed by atoms with E-state index in [1.807, 2.05) is 42.5 Å². The van der Waals surface area contributed by atoms with Crippen molar-refractivity contribution in [3.8, 4) is 22.3 Å². The van der Waals surface area contributed by atoms with E-state index in [-0.39, 0.29) is 17.1 Å². The molecule has 3 heteroatoms. The number of hydrogen-bond donors (Lipinski definition) is 0. The third-order valence-electron chi connectivity index (χ3n) is 11.3. The number of Topliss-reactive ketones (excluding diaryl/α,β-unsaturated/α-hetero) is 2. The van der Waals surface area contributed by atoms with E-state index in [9.17, 15) is 9.59 Å². The minimum atomic E-state index is -0.209. The number of ketones is 2. The minimum Gasteiger partial charge on any atom is -0.309 e. The molecule has 3 nitrogen and oxygen atoms in total. The van der Waals surface area contributed by atoms with Gasteiger partial charge in [0.2, 0.25) is 0 Å². The molecule has 0 radical (unpaired) electrons. The summed E-state index contributed by atoms with van der Waals surface area (Å²) < 4.78 is 0. The zero-order valence-electron chi connectivity index (χ0n) is 28.2. The SMILES string of the molecule is O=C1C(=Cc2ccc3c4c(ccc3c2)-c2ccccc2-c2ccccc2N4c2ccc(C3CCCCC3)cc2)C(=O)c2cc3ccccc3cc21. The van der Waals surface area contributed by atoms with Gasteiger partial charge in [-0.3, -0.25) is 9.59 Å². The van der Waals surface area contributed by atoms with Gasteiger partial charge in [-0.1, -0.05) is 122 Å². The van der Waals surface area contributed by atoms with Crippen molar-refractivity contribution in [2.45, 2.75) is 38.0 Å². The van der Waals surface area contributed by atoms with Gasteiger partial charge in [-0.25, -0.2) is 0 Å². The first kappa shape index (κ1) is 29.8. The maximum Gasteiger partial charge on any atom is 0.197 e. The molecule has 0 aromatic heterocycles. The molecule has 244 valence electrons. The largest absolute Gasteiger partial charge is 0.309 e. The fraction of sp³-hybridized carbons (Fsp3) is 0.125. The summed E-state index contributed by atoms with van der Waals surface area (Å²) in [5, 5.41) is 4.07. The van der Waals surface area contributed by atoms with Crippen molar-refractivity contribution in [2.24, 2.45) is 0 Å². The number of fused-ring (bicyclic) bond motifs is 9. The van der Waals surface area contributed by atoms with E-state index in [1.54, 1.807) is 6.08 Å². The molecule has 0 unspecified atom stereocenters. The number of para-hydroxylation sites is 1. The zero-order valence-corrected chi connectivity index (χ0v) is 28.2. The van der Waals surface area contributed by atoms with Gasteiger partial charge >= 0.3 is 0 Å². The molecule has 1 aliphatic heterocycles. The number of carbonyl (C=O) groups is 2. The van der Waals surface area contributed by atoms with Crippen LogP contribution in [0.1, 0.15) is 69.9 Å². The molecule has 1 heterocycles. The van der Waals surface area contributed by atoms with E-state index >= 15 is 0 Å². The summed E-state index contributed by atoms with van der Waals surface area (Å²) in [6.07, 6.45) is 8.29. The maximum atomic E-state index is 13.6. The summed E-state index contributed by atoms with van der Waals surface area (Å²) in [5.41, 5.74) is 11.6. The summed E-state index contributed by atoms with van der Waals surface area (Å²) in [6, 6.07) is 49.0. The molecule has 7 aromatic carbocycles. The molecule has 7 aromatic rings. The molecule has 0 atom stereocenters. The standard InChI is InChI=1S/C48H35NO2/c50-47-42-28-33-12-4-5-13-34(33)29-43(42)48(51)44(47)27-30-18-24-37-35(26-30)21-25-41-39-15-7-6-14-38(39)40-16-8-9-17-45(40)49(46(37)41)36-22-19-32(20-23-36)31-10-2-1-3-11-31/h4-9,12-29,31H,1-3,10-11H2. The van der Waals surface area contributed by atoms with Gasteiger partial charge in [0.25, 0.3) is 0 Å². The van der Waals surface area contributed by atoms with Crippen LogP contribution in [-0.4, -0.2) is 11.6 Å². The Labute approximate surface area is 297 Å². The van der Waals surface area contributed by atoms with Crippen LogP contribution in [0.25, 0.3) is 49.9 Å². The normalized spacial score (nSPS) is 15.4. The molecule has 0 saturated heterocycles. The second-order valence-corrected chi connectivity index (χ2v) is 14.2. The Balaban J connectivity index is 1.13. The first-order chi connectivity index (χ1) is 25.1. The van der Waals surface area contributed by atoms with Crippen LogP contribution in [0.15, 0.2) is 145 Å². The van der Waals surface area contributed by atoms with Crippen molar-refractivity contribution < 1.29 is 9.59 Å². The lowest BCUT2D eigenvalue weighted by Crippen LogP contribution is -2.12. The average molecular weight is 658 g/mol. The van der Waals surface area contributed by atoms with Crippen LogP contribution in [0.4, 0.5) is 17.1 Å². The quantitative estimate of drug-likeness (QED) is 0.140. The third-order valence-corrected chi connectivity index (χ3v) is 11.3. The smallest absolute Gasteiger partial charge is 0.197 e. The summed E-state index contributed by atoms with van der Waals surface area (Å²) in [4.78, 5) is 29.7. The van der Waals surface area contributed by atoms with Gasteiger partial charge < -0.3 is 4.90 Å². The molecule has 0 spiro atoms. The van der Waals surface area contributed by atoms with Gasteiger partial charge in [0.15, 0.2) is 11.6 Å². The van der Waals surface area contributed by atoms with E-state index < -0.39 is 0 Å². The van der Waals surface area contributed by atoms with Gasteiger partial charge in [-0.05, 0) is 99.6 Å². The molecule has 51 heavy (non-hydrogen) atoms. The molecule has 3 aliphatic rings. The van der Waals surface area contributed by atoms with Gasteiger partial charge in [0.05, 0.1) is 16.9 Å². The molecule has 10 rings (SSSR count). The lowest BCUT2D eigenvalue weighted by Gasteiger charge is -2.29. The lowest BCUT2D eigenvalue weighted by molar-refractivity contribution is 0.0990. The van der Waals surface area contributed by atoms with Crippen molar-refractivity contribution in [3.63, 3.8) is 0 Å². The van der Waals surface area contributed by atoms with Crippen molar-refractivity contribution in [2.75, 3.05) is 4.90 Å². The van der Waals surface area contributed by atoms with E-state index in [0.29, 0.717) is 17.0 Å². The summed E-state index contributed by atoms with van der Waals surface area (Å²) in [7, 11) is 0. The van der Waals surface area contributed by atoms with Crippen LogP contribution in [0.5, 0.6) is 0 Å². The van der Waals surface area contributed by atoms with Gasteiger partial charge in [0.1, 0.15) is 0 Å². The number of carbonyl (C=O) groups excluding carboxylic acids is 2. The highest BCUT2D eigenvalue weighted by molar-refractivity contribution is 6.42. The van der Waals surface area contributed by atoms with E-state index in [2.05, 4.69) is 102 Å². The predicted octanol–water partition coefficient (Wildman–Crippen LogP) is 12.6. The second kappa shape index (κ2) is 11.8. The van der Waals surface area contributed by atoms with Gasteiger partial charge in [-0.15, -0.1) is 0 Å². The van der Waals surface area contributed by atoms with E-state index in [0.717, 1.165) is 44.2 Å². The molecular formula is C48H35NO2. The van der Waals surface area contributed by atoms with Crippen molar-refractivity contribution in [1.82, 2.24) is 0 Å². The average Bonchev–Trinajstić information content (AvgIpc) is 3.33. The van der Waals surface area contributed by atoms with Gasteiger partial charge in [0, 0.05) is 33.3 Å². The topological polar surface area (TPSA) is 37.4 Å². The Hall–Kier alpha value is -6.06. The van der Waals surface area contributed by atoms with Crippen molar-refractivity contribution >= 4 is 56.2 Å². The molecule has 1 fully saturated rings. The minimum absolute atomic E-state index is 0.209. The highest BCUT2D eigenvalue weighted by Crippen LogP contribution is 2.53. The number of nitrogens with zero attached hydrogens (tertiary/aromatic N) is 1. The van der Waals surface area contributed by atoms with E-state index in [1.165, 1.54) is 59.9 Å². The number of rotatable bonds is 3. The van der Waals surface area contributed by atoms with Crippen LogP contribution in [0.3, 0.4) is 0 Å². The van der Waals surface area contributed by atoms with Crippen molar-refractivity contribution in [3.05, 3.63) is 167 Å². The van der Waals surface area contributed by atoms with E-state index in [4.69, 9.17) is 0 Å². The Morgan fingerprint density at radius 2 is 1.14 bits per heavy atom. The van der Waals surface area contributed by atoms with Crippen LogP contribution in [0.2, 0.25) is 0 Å². The van der Waals surface area contributed by atoms with Crippen LogP contribution < -0.4 is 4.90 Å². The van der Waals surface area contributed by atoms with Crippen LogP contribution >= 0.6 is 0 Å². The maximum absolute atomic E-state index is 13.6. The Morgan fingerprint density at radius 1 is 0.510 bits per heavy atom. The Morgan fingerprint density at radius 3 is 1.84 bits per heavy atom. The summed E-state index contributed by atoms with van der Waals surface area (Å²) >= 11 is 0. The first-order valence-corrected chi connectivity index (χ1v) is 18.1. The fourth-order valence-electron chi connectivity index (χ4n) is 8.76. The Bertz CT molecular complexity index is 2550. The number of allylic oxidation sites excluding steroid dienone is 1. The van der Waals surface area contributed by atoms with Crippen LogP contribution in [-0.2, 0) is 0 Å². The molecule has 1 saturated carbocycles. The number of anilines is 3. The predicted molar refractivity (Wildman–Crippen MR) is 209 cm³/mol. The monoisotopic (exact) mass is 657 g/mol. The third kappa shape index (κ3) is 4.80. The second-order valence-electron chi connectivity index (χ2n) is 14.2. The number of hydrogen-bond acceptors (Lipinski definition) is 3. The highest BCUT2D eigenvalue weighted by Gasteiger charge is 2.34. The summed E-state index contributed by atoms with van der Waals surface area (Å²) in [5.74, 6) is 0.220. The highest BCUT2D eigenvalue weighted by atomic mass is 16.2.